The Balaban J connectivity index is 0.000000648. The first-order chi connectivity index (χ1) is 18.7. The van der Waals surface area contributed by atoms with Gasteiger partial charge >= 0.3 is 0 Å². The number of nitrogens with zero attached hydrogens (tertiary/aromatic N) is 1. The molecule has 39 heavy (non-hydrogen) atoms. The van der Waals surface area contributed by atoms with E-state index < -0.39 is 10.4 Å². The highest BCUT2D eigenvalue weighted by Crippen LogP contribution is 2.37. The molecule has 0 bridgehead atoms. The maximum atomic E-state index is 8.63. The second-order valence-corrected chi connectivity index (χ2v) is 9.22. The summed E-state index contributed by atoms with van der Waals surface area (Å²) in [6.45, 7) is 0. The highest BCUT2D eigenvalue weighted by Gasteiger charge is 2.20. The maximum Gasteiger partial charge on any atom is 0.219 e. The Morgan fingerprint density at radius 3 is 1.79 bits per heavy atom. The first-order valence-electron chi connectivity index (χ1n) is 11.7. The molecule has 0 aliphatic carbocycles. The molecule has 0 unspecified atom stereocenters. The number of rotatable bonds is 6. The molecule has 0 amide bonds. The van der Waals surface area contributed by atoms with Crippen LogP contribution < -0.4 is 23.3 Å². The largest absolute Gasteiger partial charge is 0.726 e. The molecule has 5 aromatic rings. The first-order valence-corrected chi connectivity index (χ1v) is 13.0. The van der Waals surface area contributed by atoms with Gasteiger partial charge in [-0.1, -0.05) is 30.3 Å². The summed E-state index contributed by atoms with van der Waals surface area (Å²) in [6.07, 6.45) is 6.35. The third-order valence-electron chi connectivity index (χ3n) is 6.11. The summed E-state index contributed by atoms with van der Waals surface area (Å²) in [6, 6.07) is 22.6. The second kappa shape index (κ2) is 11.6. The Labute approximate surface area is 226 Å². The predicted molar refractivity (Wildman–Crippen MR) is 149 cm³/mol. The number of benzene rings is 3. The average Bonchev–Trinajstić information content (AvgIpc) is 2.93. The lowest BCUT2D eigenvalue weighted by Gasteiger charge is -2.12. The molecule has 202 valence electrons. The Kier molecular flexibility index (Phi) is 8.20. The Bertz CT molecular complexity index is 1780. The van der Waals surface area contributed by atoms with E-state index in [1.807, 2.05) is 42.5 Å². The molecule has 1 N–H and O–H groups in total. The summed E-state index contributed by atoms with van der Waals surface area (Å²) in [5.41, 5.74) is 3.21. The fourth-order valence-corrected chi connectivity index (χ4v) is 4.40. The number of pyridine rings is 2. The van der Waals surface area contributed by atoms with Crippen LogP contribution in [0.15, 0.2) is 72.9 Å². The fraction of sp³-hybridized carbons (Fsp3) is 0.138. The van der Waals surface area contributed by atoms with Crippen molar-refractivity contribution in [2.45, 2.75) is 0 Å². The van der Waals surface area contributed by atoms with Gasteiger partial charge in [0.25, 0.3) is 0 Å². The van der Waals surface area contributed by atoms with Gasteiger partial charge < -0.3 is 23.5 Å². The minimum atomic E-state index is -4.92. The number of ether oxygens (including phenoxy) is 4. The number of aromatic nitrogens is 1. The van der Waals surface area contributed by atoms with E-state index in [4.69, 9.17) is 36.5 Å². The summed E-state index contributed by atoms with van der Waals surface area (Å²) < 4.78 is 57.4. The van der Waals surface area contributed by atoms with Crippen LogP contribution in [0.5, 0.6) is 23.0 Å². The molecule has 5 rings (SSSR count). The van der Waals surface area contributed by atoms with Gasteiger partial charge in [-0.3, -0.25) is 4.55 Å². The van der Waals surface area contributed by atoms with Gasteiger partial charge in [0.1, 0.15) is 0 Å². The van der Waals surface area contributed by atoms with E-state index in [2.05, 4.69) is 47.0 Å². The maximum absolute atomic E-state index is 8.63. The van der Waals surface area contributed by atoms with Gasteiger partial charge in [0.15, 0.2) is 29.2 Å². The minimum Gasteiger partial charge on any atom is -0.726 e. The van der Waals surface area contributed by atoms with Crippen LogP contribution in [0.3, 0.4) is 0 Å². The van der Waals surface area contributed by atoms with Crippen LogP contribution in [0.25, 0.3) is 39.2 Å². The highest BCUT2D eigenvalue weighted by molar-refractivity contribution is 7.79. The number of hydrogen-bond donors (Lipinski definition) is 1. The van der Waals surface area contributed by atoms with Gasteiger partial charge in [-0.15, -0.1) is 0 Å². The zero-order valence-corrected chi connectivity index (χ0v) is 22.6. The first kappa shape index (κ1) is 27.6. The van der Waals surface area contributed by atoms with Crippen LogP contribution in [0, 0.1) is 0 Å². The topological polar surface area (TPSA) is 118 Å². The molecule has 9 nitrogen and oxygen atoms in total. The van der Waals surface area contributed by atoms with Crippen molar-refractivity contribution in [1.82, 2.24) is 0 Å². The zero-order chi connectivity index (χ0) is 28.2. The molecule has 2 heterocycles. The van der Waals surface area contributed by atoms with Crippen molar-refractivity contribution in [3.05, 3.63) is 84.2 Å². The van der Waals surface area contributed by atoms with Gasteiger partial charge in [-0.2, -0.15) is 4.40 Å². The normalized spacial score (nSPS) is 11.4. The van der Waals surface area contributed by atoms with Gasteiger partial charge in [-0.05, 0) is 46.7 Å². The van der Waals surface area contributed by atoms with E-state index in [-0.39, 0.29) is 0 Å². The van der Waals surface area contributed by atoms with Gasteiger partial charge in [0.05, 0.1) is 39.2 Å². The Morgan fingerprint density at radius 2 is 1.23 bits per heavy atom. The molecule has 0 saturated heterocycles. The van der Waals surface area contributed by atoms with E-state index in [0.717, 1.165) is 38.3 Å². The smallest absolute Gasteiger partial charge is 0.219 e. The van der Waals surface area contributed by atoms with Crippen molar-refractivity contribution in [2.75, 3.05) is 28.4 Å². The molecular formula is C29H27NO8S. The van der Waals surface area contributed by atoms with Crippen molar-refractivity contribution >= 4 is 49.6 Å². The predicted octanol–water partition coefficient (Wildman–Crippen LogP) is 4.94. The van der Waals surface area contributed by atoms with Crippen LogP contribution in [0.2, 0.25) is 0 Å². The fourth-order valence-electron chi connectivity index (χ4n) is 4.40. The molecule has 0 atom stereocenters. The van der Waals surface area contributed by atoms with E-state index >= 15 is 0 Å². The molecule has 0 saturated carbocycles. The monoisotopic (exact) mass is 549 g/mol. The van der Waals surface area contributed by atoms with Gasteiger partial charge in [0.2, 0.25) is 21.6 Å². The van der Waals surface area contributed by atoms with Crippen LogP contribution in [0.4, 0.5) is 0 Å². The van der Waals surface area contributed by atoms with Crippen molar-refractivity contribution in [3.63, 3.8) is 0 Å². The van der Waals surface area contributed by atoms with Gasteiger partial charge in [-0.25, -0.2) is 8.42 Å². The summed E-state index contributed by atoms with van der Waals surface area (Å²) in [7, 11) is 1.70. The molecule has 0 aliphatic heterocycles. The number of fused-ring (bicyclic) bond motifs is 4. The molecule has 0 spiro atoms. The van der Waals surface area contributed by atoms with Crippen molar-refractivity contribution in [2.24, 2.45) is 0 Å². The summed E-state index contributed by atoms with van der Waals surface area (Å²) in [5.74, 6) is 2.78. The van der Waals surface area contributed by atoms with E-state index in [1.165, 1.54) is 0 Å². The standard InChI is InChI=1S/C29H26NO4.H2O4S/c1-31-26-15-20-12-13-30-24(11-10-19-8-6-5-7-9-19)23-18-29(34-4)27(32-2)16-21(23)14-25(30)22(20)17-28(26)33-3;1-5(2,3)4/h5-18H,1-4H3;(H2,1,2,3,4)/q+1;/p-1/b11-10+;. The van der Waals surface area contributed by atoms with Crippen molar-refractivity contribution < 1.29 is 40.9 Å². The minimum absolute atomic E-state index is 0.691. The van der Waals surface area contributed by atoms with Crippen LogP contribution >= 0.6 is 0 Å². The van der Waals surface area contributed by atoms with E-state index in [0.29, 0.717) is 23.0 Å². The van der Waals surface area contributed by atoms with Crippen molar-refractivity contribution in [3.8, 4) is 23.0 Å². The summed E-state index contributed by atoms with van der Waals surface area (Å²) in [4.78, 5) is 0. The Morgan fingerprint density at radius 1 is 0.718 bits per heavy atom. The highest BCUT2D eigenvalue weighted by atomic mass is 32.3. The number of hydrogen-bond acceptors (Lipinski definition) is 7. The SMILES string of the molecule is COc1cc2cc3c4cc(OC)c(OC)cc4cc[n+]3c(/C=C/c3ccccc3)c2cc1OC.O=S(=O)([O-])O. The van der Waals surface area contributed by atoms with E-state index in [9.17, 15) is 0 Å². The molecule has 3 aromatic carbocycles. The quantitative estimate of drug-likeness (QED) is 0.104. The van der Waals surface area contributed by atoms with Crippen LogP contribution in [0.1, 0.15) is 11.3 Å². The molecular weight excluding hydrogens is 522 g/mol. The van der Waals surface area contributed by atoms with Gasteiger partial charge in [0, 0.05) is 18.2 Å². The lowest BCUT2D eigenvalue weighted by atomic mass is 10.0. The van der Waals surface area contributed by atoms with Crippen LogP contribution in [-0.2, 0) is 10.4 Å². The molecule has 0 radical (unpaired) electrons. The summed E-state index contributed by atoms with van der Waals surface area (Å²) >= 11 is 0. The lowest BCUT2D eigenvalue weighted by Crippen LogP contribution is -2.26. The average molecular weight is 550 g/mol. The molecule has 10 heteroatoms. The molecule has 0 fully saturated rings. The van der Waals surface area contributed by atoms with Crippen LogP contribution in [-0.4, -0.2) is 46.0 Å². The molecule has 2 aromatic heterocycles. The lowest BCUT2D eigenvalue weighted by molar-refractivity contribution is -0.511. The second-order valence-electron chi connectivity index (χ2n) is 8.36. The third kappa shape index (κ3) is 6.20. The zero-order valence-electron chi connectivity index (χ0n) is 21.7. The Hall–Kier alpha value is -4.38. The van der Waals surface area contributed by atoms with Crippen molar-refractivity contribution in [1.29, 1.82) is 0 Å². The third-order valence-corrected chi connectivity index (χ3v) is 6.11. The summed E-state index contributed by atoms with van der Waals surface area (Å²) in [5, 5.41) is 4.23. The van der Waals surface area contributed by atoms with E-state index in [1.54, 1.807) is 28.4 Å². The number of methoxy groups -OCH3 is 4. The molecule has 0 aliphatic rings.